The van der Waals surface area contributed by atoms with E-state index in [1.807, 2.05) is 0 Å². The Morgan fingerprint density at radius 3 is 2.28 bits per heavy atom. The lowest BCUT2D eigenvalue weighted by Crippen LogP contribution is -2.54. The maximum absolute atomic E-state index is 13.0. The first-order valence-corrected chi connectivity index (χ1v) is 10.8. The first-order valence-electron chi connectivity index (χ1n) is 9.45. The molecule has 1 aromatic carbocycles. The predicted molar refractivity (Wildman–Crippen MR) is 103 cm³/mol. The van der Waals surface area contributed by atoms with Crippen LogP contribution in [0.5, 0.6) is 0 Å². The molecule has 1 saturated heterocycles. The maximum atomic E-state index is 13.0. The second kappa shape index (κ2) is 7.64. The van der Waals surface area contributed by atoms with Gasteiger partial charge in [0.25, 0.3) is 10.2 Å². The van der Waals surface area contributed by atoms with Gasteiger partial charge in [-0.3, -0.25) is 0 Å². The summed E-state index contributed by atoms with van der Waals surface area (Å²) in [5.74, 6) is 0. The number of aryl methyl sites for hydroxylation is 1. The van der Waals surface area contributed by atoms with E-state index in [2.05, 4.69) is 36.9 Å². The fourth-order valence-corrected chi connectivity index (χ4v) is 5.63. The van der Waals surface area contributed by atoms with Crippen molar-refractivity contribution in [3.05, 3.63) is 29.3 Å². The summed E-state index contributed by atoms with van der Waals surface area (Å²) in [5.41, 5.74) is 3.81. The van der Waals surface area contributed by atoms with E-state index in [1.54, 1.807) is 15.7 Å². The number of nitrogens with zero attached hydrogens (tertiary/aromatic N) is 3. The van der Waals surface area contributed by atoms with E-state index < -0.39 is 10.2 Å². The third kappa shape index (κ3) is 3.86. The molecule has 25 heavy (non-hydrogen) atoms. The molecule has 0 atom stereocenters. The Hall–Kier alpha value is -1.11. The van der Waals surface area contributed by atoms with Crippen molar-refractivity contribution in [2.75, 3.05) is 38.1 Å². The summed E-state index contributed by atoms with van der Waals surface area (Å²) in [6.07, 6.45) is 5.52. The first-order chi connectivity index (χ1) is 11.9. The largest absolute Gasteiger partial charge is 0.369 e. The Morgan fingerprint density at radius 1 is 1.00 bits per heavy atom. The molecule has 6 heteroatoms. The smallest absolute Gasteiger partial charge is 0.282 e. The molecule has 0 N–H and O–H groups in total. The van der Waals surface area contributed by atoms with Crippen LogP contribution in [0.3, 0.4) is 0 Å². The van der Waals surface area contributed by atoms with Crippen molar-refractivity contribution in [3.63, 3.8) is 0 Å². The van der Waals surface area contributed by atoms with Crippen molar-refractivity contribution in [3.8, 4) is 0 Å². The van der Waals surface area contributed by atoms with Crippen molar-refractivity contribution < 1.29 is 8.42 Å². The van der Waals surface area contributed by atoms with Crippen LogP contribution in [0, 0.1) is 13.8 Å². The van der Waals surface area contributed by atoms with Crippen LogP contribution in [0.15, 0.2) is 18.2 Å². The van der Waals surface area contributed by atoms with Crippen LogP contribution in [0.4, 0.5) is 5.69 Å². The zero-order valence-corrected chi connectivity index (χ0v) is 16.6. The van der Waals surface area contributed by atoms with Crippen LogP contribution in [-0.4, -0.2) is 56.3 Å². The van der Waals surface area contributed by atoms with Gasteiger partial charge in [0.2, 0.25) is 0 Å². The maximum Gasteiger partial charge on any atom is 0.282 e. The monoisotopic (exact) mass is 365 g/mol. The van der Waals surface area contributed by atoms with Crippen LogP contribution in [0.25, 0.3) is 0 Å². The Bertz CT molecular complexity index is 691. The van der Waals surface area contributed by atoms with Crippen LogP contribution < -0.4 is 4.90 Å². The van der Waals surface area contributed by atoms with Gasteiger partial charge in [0.15, 0.2) is 0 Å². The number of hydrogen-bond acceptors (Lipinski definition) is 3. The Balaban J connectivity index is 1.65. The summed E-state index contributed by atoms with van der Waals surface area (Å²) in [4.78, 5) is 2.31. The highest BCUT2D eigenvalue weighted by molar-refractivity contribution is 7.86. The zero-order chi connectivity index (χ0) is 18.0. The molecule has 0 spiro atoms. The van der Waals surface area contributed by atoms with Gasteiger partial charge < -0.3 is 4.90 Å². The van der Waals surface area contributed by atoms with E-state index in [4.69, 9.17) is 0 Å². The highest BCUT2D eigenvalue weighted by Gasteiger charge is 2.34. The lowest BCUT2D eigenvalue weighted by atomic mass is 9.96. The number of piperazine rings is 1. The van der Waals surface area contributed by atoms with Crippen molar-refractivity contribution in [2.45, 2.75) is 52.0 Å². The summed E-state index contributed by atoms with van der Waals surface area (Å²) < 4.78 is 29.3. The van der Waals surface area contributed by atoms with Crippen LogP contribution >= 0.6 is 0 Å². The molecule has 0 aromatic heterocycles. The number of hydrogen-bond donors (Lipinski definition) is 0. The van der Waals surface area contributed by atoms with Crippen LogP contribution in [0.1, 0.15) is 43.2 Å². The normalized spacial score (nSPS) is 21.0. The summed E-state index contributed by atoms with van der Waals surface area (Å²) in [7, 11) is -1.58. The molecule has 1 heterocycles. The van der Waals surface area contributed by atoms with Gasteiger partial charge in [-0.1, -0.05) is 31.4 Å². The zero-order valence-electron chi connectivity index (χ0n) is 15.7. The van der Waals surface area contributed by atoms with Gasteiger partial charge in [0, 0.05) is 45.0 Å². The van der Waals surface area contributed by atoms with Gasteiger partial charge in [-0.15, -0.1) is 0 Å². The van der Waals surface area contributed by atoms with E-state index in [0.29, 0.717) is 13.1 Å². The minimum Gasteiger partial charge on any atom is -0.369 e. The average molecular weight is 366 g/mol. The standard InChI is InChI=1S/C19H31N3O2S/c1-16-8-7-11-19(17(16)2)21-12-14-22(15-13-21)25(23,24)20(3)18-9-5-4-6-10-18/h7-8,11,18H,4-6,9-10,12-15H2,1-3H3. The first kappa shape index (κ1) is 18.7. The van der Waals surface area contributed by atoms with E-state index in [0.717, 1.165) is 38.8 Å². The third-order valence-corrected chi connectivity index (χ3v) is 7.98. The number of rotatable bonds is 4. The molecule has 140 valence electrons. The molecule has 5 nitrogen and oxygen atoms in total. The molecule has 1 saturated carbocycles. The Labute approximate surface area is 152 Å². The quantitative estimate of drug-likeness (QED) is 0.824. The summed E-state index contributed by atoms with van der Waals surface area (Å²) in [6.45, 7) is 6.90. The third-order valence-electron chi connectivity index (χ3n) is 5.93. The van der Waals surface area contributed by atoms with Gasteiger partial charge in [-0.2, -0.15) is 17.0 Å². The number of benzene rings is 1. The second-order valence-electron chi connectivity index (χ2n) is 7.42. The highest BCUT2D eigenvalue weighted by Crippen LogP contribution is 2.27. The fourth-order valence-electron chi connectivity index (χ4n) is 4.05. The molecular weight excluding hydrogens is 334 g/mol. The molecule has 0 amide bonds. The Morgan fingerprint density at radius 2 is 1.64 bits per heavy atom. The van der Waals surface area contributed by atoms with Gasteiger partial charge in [0.05, 0.1) is 0 Å². The average Bonchev–Trinajstić information content (AvgIpc) is 2.64. The molecule has 3 rings (SSSR count). The van der Waals surface area contributed by atoms with Gasteiger partial charge in [-0.05, 0) is 43.9 Å². The molecule has 1 aliphatic carbocycles. The van der Waals surface area contributed by atoms with E-state index in [1.165, 1.54) is 23.2 Å². The fraction of sp³-hybridized carbons (Fsp3) is 0.684. The van der Waals surface area contributed by atoms with Crippen molar-refractivity contribution in [2.24, 2.45) is 0 Å². The van der Waals surface area contributed by atoms with Crippen LogP contribution in [0.2, 0.25) is 0 Å². The van der Waals surface area contributed by atoms with Crippen LogP contribution in [-0.2, 0) is 10.2 Å². The molecule has 0 radical (unpaired) electrons. The molecular formula is C19H31N3O2S. The molecule has 0 bridgehead atoms. The SMILES string of the molecule is Cc1cccc(N2CCN(S(=O)(=O)N(C)C3CCCCC3)CC2)c1C. The second-order valence-corrected chi connectivity index (χ2v) is 9.41. The summed E-state index contributed by atoms with van der Waals surface area (Å²) in [6, 6.07) is 6.52. The molecule has 2 aliphatic rings. The van der Waals surface area contributed by atoms with Gasteiger partial charge in [-0.25, -0.2) is 0 Å². The number of anilines is 1. The minimum atomic E-state index is -3.35. The highest BCUT2D eigenvalue weighted by atomic mass is 32.2. The minimum absolute atomic E-state index is 0.177. The molecule has 1 aromatic rings. The van der Waals surface area contributed by atoms with Gasteiger partial charge in [0.1, 0.15) is 0 Å². The van der Waals surface area contributed by atoms with E-state index in [-0.39, 0.29) is 6.04 Å². The van der Waals surface area contributed by atoms with Crippen molar-refractivity contribution >= 4 is 15.9 Å². The molecule has 2 fully saturated rings. The topological polar surface area (TPSA) is 43.9 Å². The van der Waals surface area contributed by atoms with E-state index in [9.17, 15) is 8.42 Å². The lowest BCUT2D eigenvalue weighted by molar-refractivity contribution is 0.259. The lowest BCUT2D eigenvalue weighted by Gasteiger charge is -2.39. The molecule has 0 unspecified atom stereocenters. The summed E-state index contributed by atoms with van der Waals surface area (Å²) >= 11 is 0. The van der Waals surface area contributed by atoms with Gasteiger partial charge >= 0.3 is 0 Å². The van der Waals surface area contributed by atoms with Crippen molar-refractivity contribution in [1.29, 1.82) is 0 Å². The molecule has 1 aliphatic heterocycles. The Kier molecular flexibility index (Phi) is 5.71. The van der Waals surface area contributed by atoms with E-state index >= 15 is 0 Å². The van der Waals surface area contributed by atoms with Crippen molar-refractivity contribution in [1.82, 2.24) is 8.61 Å². The predicted octanol–water partition coefficient (Wildman–Crippen LogP) is 2.93. The summed E-state index contributed by atoms with van der Waals surface area (Å²) in [5, 5.41) is 0.